The molecular weight excluding hydrogens is 260 g/mol. The van der Waals surface area contributed by atoms with E-state index >= 15 is 0 Å². The number of nitrogens with one attached hydrogen (secondary N) is 1. The summed E-state index contributed by atoms with van der Waals surface area (Å²) >= 11 is 0. The molecule has 20 heavy (non-hydrogen) atoms. The number of hydrogen-bond acceptors (Lipinski definition) is 5. The van der Waals surface area contributed by atoms with E-state index < -0.39 is 0 Å². The van der Waals surface area contributed by atoms with E-state index in [1.807, 2.05) is 6.08 Å². The molecule has 0 bridgehead atoms. The quantitative estimate of drug-likeness (QED) is 0.371. The summed E-state index contributed by atoms with van der Waals surface area (Å²) in [4.78, 5) is 15.5. The van der Waals surface area contributed by atoms with Crippen LogP contribution in [0.3, 0.4) is 0 Å². The van der Waals surface area contributed by atoms with Gasteiger partial charge in [-0.3, -0.25) is 10.1 Å². The Hall–Kier alpha value is -0.950. The molecule has 0 radical (unpaired) electrons. The van der Waals surface area contributed by atoms with Gasteiger partial charge in [0.25, 0.3) is 0 Å². The van der Waals surface area contributed by atoms with Crippen LogP contribution in [-0.2, 0) is 14.4 Å². The number of hydrogen-bond donors (Lipinski definition) is 3. The monoisotopic (exact) mass is 286 g/mol. The van der Waals surface area contributed by atoms with Gasteiger partial charge in [0.05, 0.1) is 18.2 Å². The Morgan fingerprint density at radius 2 is 2.20 bits per heavy atom. The van der Waals surface area contributed by atoms with Gasteiger partial charge < -0.3 is 15.8 Å². The van der Waals surface area contributed by atoms with Crippen LogP contribution in [0.5, 0.6) is 0 Å². The van der Waals surface area contributed by atoms with Crippen molar-refractivity contribution in [3.8, 4) is 0 Å². The fraction of sp³-hybridized carbons (Fsp3) is 0.786. The first-order valence-corrected chi connectivity index (χ1v) is 7.15. The highest BCUT2D eigenvalue weighted by Crippen LogP contribution is 2.23. The summed E-state index contributed by atoms with van der Waals surface area (Å²) in [7, 11) is 0. The Morgan fingerprint density at radius 1 is 1.55 bits per heavy atom. The number of rotatable bonds is 7. The Kier molecular flexibility index (Phi) is 7.15. The lowest BCUT2D eigenvalue weighted by Gasteiger charge is -2.37. The van der Waals surface area contributed by atoms with Gasteiger partial charge in [-0.2, -0.15) is 0 Å². The average Bonchev–Trinajstić information content (AvgIpc) is 2.39. The van der Waals surface area contributed by atoms with Gasteiger partial charge in [-0.1, -0.05) is 19.9 Å². The molecule has 0 aromatic rings. The molecule has 0 aromatic carbocycles. The molecule has 1 amide bonds. The molecule has 0 unspecified atom stereocenters. The van der Waals surface area contributed by atoms with Crippen LogP contribution >= 0.6 is 0 Å². The highest BCUT2D eigenvalue weighted by molar-refractivity contribution is 5.73. The normalized spacial score (nSPS) is 26.5. The number of ether oxygens (including phenoxy) is 1. The highest BCUT2D eigenvalue weighted by Gasteiger charge is 2.33. The molecule has 1 rings (SSSR count). The van der Waals surface area contributed by atoms with Gasteiger partial charge in [-0.25, -0.2) is 4.89 Å². The standard InChI is InChI=1S/C14H26N2O4/c1-4-11(5-2)20-13-7-10(8-19-18)6-12(15)14(13)16-9(3)17/h7,11-14,18H,4-6,8,15H2,1-3H3,(H,16,17)/t12-,13+,14+/m0/s1. The van der Waals surface area contributed by atoms with Crippen molar-refractivity contribution in [3.05, 3.63) is 11.6 Å². The van der Waals surface area contributed by atoms with Crippen LogP contribution in [0.4, 0.5) is 0 Å². The second kappa shape index (κ2) is 8.36. The van der Waals surface area contributed by atoms with Crippen LogP contribution in [0, 0.1) is 0 Å². The maximum Gasteiger partial charge on any atom is 0.217 e. The molecule has 116 valence electrons. The van der Waals surface area contributed by atoms with Crippen molar-refractivity contribution in [2.24, 2.45) is 5.73 Å². The Labute approximate surface area is 120 Å². The van der Waals surface area contributed by atoms with Crippen LogP contribution in [0.1, 0.15) is 40.0 Å². The van der Waals surface area contributed by atoms with Gasteiger partial charge in [-0.05, 0) is 24.8 Å². The first-order valence-electron chi connectivity index (χ1n) is 7.15. The van der Waals surface area contributed by atoms with E-state index in [-0.39, 0.29) is 36.8 Å². The van der Waals surface area contributed by atoms with Crippen molar-refractivity contribution in [3.63, 3.8) is 0 Å². The first kappa shape index (κ1) is 17.1. The van der Waals surface area contributed by atoms with Crippen LogP contribution in [0.15, 0.2) is 11.6 Å². The molecule has 4 N–H and O–H groups in total. The second-order valence-electron chi connectivity index (χ2n) is 5.23. The Balaban J connectivity index is 2.87. The van der Waals surface area contributed by atoms with E-state index in [1.165, 1.54) is 6.92 Å². The van der Waals surface area contributed by atoms with Gasteiger partial charge in [0.2, 0.25) is 5.91 Å². The minimum Gasteiger partial charge on any atom is -0.369 e. The lowest BCUT2D eigenvalue weighted by Crippen LogP contribution is -2.56. The van der Waals surface area contributed by atoms with Crippen LogP contribution in [0.2, 0.25) is 0 Å². The van der Waals surface area contributed by atoms with Gasteiger partial charge in [0.15, 0.2) is 0 Å². The lowest BCUT2D eigenvalue weighted by molar-refractivity contribution is -0.234. The Bertz CT molecular complexity index is 342. The molecule has 0 heterocycles. The summed E-state index contributed by atoms with van der Waals surface area (Å²) in [5, 5.41) is 11.4. The maximum atomic E-state index is 11.3. The third-order valence-electron chi connectivity index (χ3n) is 3.59. The highest BCUT2D eigenvalue weighted by atomic mass is 17.1. The average molecular weight is 286 g/mol. The maximum absolute atomic E-state index is 11.3. The summed E-state index contributed by atoms with van der Waals surface area (Å²) < 4.78 is 6.04. The van der Waals surface area contributed by atoms with Gasteiger partial charge in [-0.15, -0.1) is 0 Å². The SMILES string of the molecule is CCC(CC)O[C@@H]1C=C(COO)C[C@H](N)[C@H]1NC(C)=O. The van der Waals surface area contributed by atoms with E-state index in [1.54, 1.807) is 0 Å². The van der Waals surface area contributed by atoms with Crippen molar-refractivity contribution in [1.29, 1.82) is 0 Å². The molecule has 1 aliphatic rings. The van der Waals surface area contributed by atoms with Crippen molar-refractivity contribution in [1.82, 2.24) is 5.32 Å². The fourth-order valence-electron chi connectivity index (χ4n) is 2.52. The zero-order chi connectivity index (χ0) is 15.1. The number of amides is 1. The van der Waals surface area contributed by atoms with Crippen LogP contribution in [0.25, 0.3) is 0 Å². The largest absolute Gasteiger partial charge is 0.369 e. The first-order chi connectivity index (χ1) is 9.51. The summed E-state index contributed by atoms with van der Waals surface area (Å²) in [5.41, 5.74) is 7.01. The molecule has 0 saturated heterocycles. The minimum absolute atomic E-state index is 0.114. The summed E-state index contributed by atoms with van der Waals surface area (Å²) in [6.07, 6.45) is 4.09. The zero-order valence-corrected chi connectivity index (χ0v) is 12.5. The molecular formula is C14H26N2O4. The van der Waals surface area contributed by atoms with E-state index in [0.717, 1.165) is 18.4 Å². The number of carbonyl (C=O) groups is 1. The molecule has 0 spiro atoms. The predicted octanol–water partition coefficient (Wildman–Crippen LogP) is 1.21. The smallest absolute Gasteiger partial charge is 0.217 e. The van der Waals surface area contributed by atoms with E-state index in [9.17, 15) is 4.79 Å². The molecule has 0 saturated carbocycles. The molecule has 6 nitrogen and oxygen atoms in total. The molecule has 0 aliphatic heterocycles. The topological polar surface area (TPSA) is 93.8 Å². The predicted molar refractivity (Wildman–Crippen MR) is 76.1 cm³/mol. The van der Waals surface area contributed by atoms with E-state index in [4.69, 9.17) is 15.7 Å². The van der Waals surface area contributed by atoms with Crippen molar-refractivity contribution >= 4 is 5.91 Å². The zero-order valence-electron chi connectivity index (χ0n) is 12.5. The molecule has 0 aromatic heterocycles. The molecule has 0 fully saturated rings. The van der Waals surface area contributed by atoms with E-state index in [2.05, 4.69) is 24.1 Å². The van der Waals surface area contributed by atoms with E-state index in [0.29, 0.717) is 6.42 Å². The minimum atomic E-state index is -0.294. The molecule has 1 aliphatic carbocycles. The van der Waals surface area contributed by atoms with Crippen molar-refractivity contribution < 1.29 is 19.7 Å². The fourth-order valence-corrected chi connectivity index (χ4v) is 2.52. The summed E-state index contributed by atoms with van der Waals surface area (Å²) in [5.74, 6) is -0.126. The summed E-state index contributed by atoms with van der Waals surface area (Å²) in [6, 6.07) is -0.510. The van der Waals surface area contributed by atoms with Crippen molar-refractivity contribution in [2.75, 3.05) is 6.61 Å². The molecule has 6 heteroatoms. The van der Waals surface area contributed by atoms with Crippen LogP contribution in [-0.4, -0.2) is 42.1 Å². The second-order valence-corrected chi connectivity index (χ2v) is 5.23. The molecule has 3 atom stereocenters. The van der Waals surface area contributed by atoms with Crippen LogP contribution < -0.4 is 11.1 Å². The lowest BCUT2D eigenvalue weighted by atomic mass is 9.88. The van der Waals surface area contributed by atoms with Crippen molar-refractivity contribution in [2.45, 2.75) is 64.3 Å². The Morgan fingerprint density at radius 3 is 2.70 bits per heavy atom. The number of carbonyl (C=O) groups excluding carboxylic acids is 1. The van der Waals surface area contributed by atoms with Gasteiger partial charge in [0, 0.05) is 13.0 Å². The van der Waals surface area contributed by atoms with Gasteiger partial charge in [0.1, 0.15) is 6.61 Å². The third kappa shape index (κ3) is 4.86. The van der Waals surface area contributed by atoms with Gasteiger partial charge >= 0.3 is 0 Å². The third-order valence-corrected chi connectivity index (χ3v) is 3.59. The summed E-state index contributed by atoms with van der Waals surface area (Å²) in [6.45, 7) is 5.71. The number of nitrogens with two attached hydrogens (primary N) is 1.